The van der Waals surface area contributed by atoms with Gasteiger partial charge in [0, 0.05) is 7.05 Å². The van der Waals surface area contributed by atoms with E-state index in [1.807, 2.05) is 44.5 Å². The smallest absolute Gasteiger partial charge is 0.236 e. The van der Waals surface area contributed by atoms with Crippen LogP contribution in [-0.2, 0) is 18.3 Å². The largest absolute Gasteiger partial charge is 0.482 e. The molecule has 2 aromatic heterocycles. The normalized spacial score (nSPS) is 12.0. The summed E-state index contributed by atoms with van der Waals surface area (Å²) in [5.41, 5.74) is 2.27. The van der Waals surface area contributed by atoms with Crippen molar-refractivity contribution in [3.8, 4) is 5.75 Å². The van der Waals surface area contributed by atoms with Crippen LogP contribution in [0.2, 0.25) is 0 Å². The maximum absolute atomic E-state index is 12.2. The van der Waals surface area contributed by atoms with Gasteiger partial charge in [0.05, 0.1) is 5.75 Å². The van der Waals surface area contributed by atoms with Crippen LogP contribution in [0.15, 0.2) is 23.4 Å². The van der Waals surface area contributed by atoms with E-state index in [1.165, 1.54) is 28.7 Å². The quantitative estimate of drug-likeness (QED) is 0.542. The van der Waals surface area contributed by atoms with E-state index in [0.717, 1.165) is 22.7 Å². The van der Waals surface area contributed by atoms with Crippen molar-refractivity contribution in [2.45, 2.75) is 45.4 Å². The number of aryl methyl sites for hydroxylation is 3. The van der Waals surface area contributed by atoms with Crippen molar-refractivity contribution in [3.63, 3.8) is 0 Å². The van der Waals surface area contributed by atoms with Crippen LogP contribution < -0.4 is 10.1 Å². The number of benzene rings is 1. The fraction of sp³-hybridized carbons (Fsp3) is 0.421. The Balaban J connectivity index is 1.58. The molecule has 0 bridgehead atoms. The molecule has 1 amide bonds. The van der Waals surface area contributed by atoms with Gasteiger partial charge in [0.15, 0.2) is 17.1 Å². The molecule has 0 saturated carbocycles. The summed E-state index contributed by atoms with van der Waals surface area (Å²) in [6.45, 7) is 8.01. The van der Waals surface area contributed by atoms with Crippen LogP contribution in [0.1, 0.15) is 41.9 Å². The predicted octanol–water partition coefficient (Wildman–Crippen LogP) is 3.72. The first-order valence-electron chi connectivity index (χ1n) is 9.25. The van der Waals surface area contributed by atoms with Crippen molar-refractivity contribution in [2.24, 2.45) is 7.05 Å². The van der Waals surface area contributed by atoms with Gasteiger partial charge in [-0.1, -0.05) is 47.7 Å². The number of aromatic nitrogens is 5. The number of nitrogens with zero attached hydrogens (tertiary/aromatic N) is 5. The van der Waals surface area contributed by atoms with E-state index in [4.69, 9.17) is 4.74 Å². The van der Waals surface area contributed by atoms with E-state index in [2.05, 4.69) is 38.7 Å². The number of amides is 1. The van der Waals surface area contributed by atoms with Gasteiger partial charge in [-0.3, -0.25) is 10.1 Å². The Bertz CT molecular complexity index is 1000. The van der Waals surface area contributed by atoms with Crippen molar-refractivity contribution in [1.82, 2.24) is 25.0 Å². The van der Waals surface area contributed by atoms with Crippen LogP contribution in [0.25, 0.3) is 0 Å². The van der Waals surface area contributed by atoms with E-state index < -0.39 is 0 Å². The summed E-state index contributed by atoms with van der Waals surface area (Å²) in [4.78, 5) is 12.2. The molecule has 0 aliphatic carbocycles. The molecule has 29 heavy (non-hydrogen) atoms. The zero-order valence-electron chi connectivity index (χ0n) is 17.1. The fourth-order valence-corrected chi connectivity index (χ4v) is 4.13. The number of anilines is 1. The maximum Gasteiger partial charge on any atom is 0.236 e. The molecular formula is C19H24N6O2S2. The van der Waals surface area contributed by atoms with Crippen molar-refractivity contribution >= 4 is 34.1 Å². The lowest BCUT2D eigenvalue weighted by Gasteiger charge is -2.16. The summed E-state index contributed by atoms with van der Waals surface area (Å²) in [5.74, 6) is 1.57. The Morgan fingerprint density at radius 1 is 1.28 bits per heavy atom. The highest BCUT2D eigenvalue weighted by molar-refractivity contribution is 7.99. The minimum absolute atomic E-state index is 0.155. The third-order valence-electron chi connectivity index (χ3n) is 4.21. The highest BCUT2D eigenvalue weighted by atomic mass is 32.2. The monoisotopic (exact) mass is 432 g/mol. The molecule has 3 rings (SSSR count). The van der Waals surface area contributed by atoms with Gasteiger partial charge in [-0.2, -0.15) is 0 Å². The van der Waals surface area contributed by atoms with Crippen LogP contribution in [0.3, 0.4) is 0 Å². The van der Waals surface area contributed by atoms with Gasteiger partial charge in [0.25, 0.3) is 0 Å². The molecule has 1 N–H and O–H groups in total. The minimum atomic E-state index is -0.272. The molecule has 154 valence electrons. The van der Waals surface area contributed by atoms with Crippen LogP contribution >= 0.6 is 23.1 Å². The summed E-state index contributed by atoms with van der Waals surface area (Å²) in [5, 5.41) is 21.2. The van der Waals surface area contributed by atoms with Crippen molar-refractivity contribution in [1.29, 1.82) is 0 Å². The van der Waals surface area contributed by atoms with E-state index >= 15 is 0 Å². The molecule has 0 aliphatic heterocycles. The summed E-state index contributed by atoms with van der Waals surface area (Å²) in [6, 6.07) is 6.07. The van der Waals surface area contributed by atoms with E-state index in [0.29, 0.717) is 16.1 Å². The van der Waals surface area contributed by atoms with Crippen LogP contribution in [0.5, 0.6) is 5.75 Å². The van der Waals surface area contributed by atoms with Gasteiger partial charge in [0.1, 0.15) is 10.8 Å². The Hall–Kier alpha value is -2.46. The van der Waals surface area contributed by atoms with E-state index in [9.17, 15) is 4.79 Å². The Labute approximate surface area is 178 Å². The number of carbonyl (C=O) groups excluding carboxylic acids is 1. The van der Waals surface area contributed by atoms with E-state index in [1.54, 1.807) is 0 Å². The number of carbonyl (C=O) groups is 1. The topological polar surface area (TPSA) is 94.8 Å². The lowest BCUT2D eigenvalue weighted by Crippen LogP contribution is -2.14. The summed E-state index contributed by atoms with van der Waals surface area (Å²) in [6.07, 6.45) is 0.526. The molecular weight excluding hydrogens is 408 g/mol. The molecule has 1 atom stereocenters. The average molecular weight is 433 g/mol. The second-order valence-electron chi connectivity index (χ2n) is 6.62. The zero-order valence-corrected chi connectivity index (χ0v) is 18.7. The fourth-order valence-electron chi connectivity index (χ4n) is 2.71. The summed E-state index contributed by atoms with van der Waals surface area (Å²) < 4.78 is 7.93. The highest BCUT2D eigenvalue weighted by Gasteiger charge is 2.19. The molecule has 2 heterocycles. The van der Waals surface area contributed by atoms with Gasteiger partial charge in [-0.25, -0.2) is 0 Å². The lowest BCUT2D eigenvalue weighted by atomic mass is 10.1. The minimum Gasteiger partial charge on any atom is -0.482 e. The predicted molar refractivity (Wildman–Crippen MR) is 115 cm³/mol. The van der Waals surface area contributed by atoms with Crippen LogP contribution in [0.4, 0.5) is 5.13 Å². The first kappa shape index (κ1) is 21.3. The Morgan fingerprint density at radius 2 is 2.07 bits per heavy atom. The molecule has 1 aromatic carbocycles. The van der Waals surface area contributed by atoms with Crippen molar-refractivity contribution in [3.05, 3.63) is 40.2 Å². The first-order valence-corrected chi connectivity index (χ1v) is 11.1. The molecule has 0 fully saturated rings. The highest BCUT2D eigenvalue weighted by Crippen LogP contribution is 2.26. The van der Waals surface area contributed by atoms with Gasteiger partial charge >= 0.3 is 0 Å². The Morgan fingerprint density at radius 3 is 2.76 bits per heavy atom. The van der Waals surface area contributed by atoms with E-state index in [-0.39, 0.29) is 17.8 Å². The van der Waals surface area contributed by atoms with Gasteiger partial charge in [-0.05, 0) is 38.8 Å². The van der Waals surface area contributed by atoms with Crippen LogP contribution in [0, 0.1) is 13.8 Å². The maximum atomic E-state index is 12.2. The van der Waals surface area contributed by atoms with Crippen molar-refractivity contribution in [2.75, 3.05) is 11.1 Å². The molecule has 0 saturated heterocycles. The van der Waals surface area contributed by atoms with Crippen molar-refractivity contribution < 1.29 is 9.53 Å². The summed E-state index contributed by atoms with van der Waals surface area (Å²) in [7, 11) is 1.87. The molecule has 1 unspecified atom stereocenters. The number of rotatable bonds is 8. The average Bonchev–Trinajstić information content (AvgIpc) is 3.28. The third-order valence-corrected chi connectivity index (χ3v) is 6.22. The third kappa shape index (κ3) is 5.33. The Kier molecular flexibility index (Phi) is 6.86. The first-order chi connectivity index (χ1) is 13.9. The second kappa shape index (κ2) is 9.36. The molecule has 3 aromatic rings. The number of nitrogens with one attached hydrogen (secondary N) is 1. The lowest BCUT2D eigenvalue weighted by molar-refractivity contribution is -0.113. The standard InChI is InChI=1S/C19H24N6O2S2/c1-6-16-21-23-18(29-16)20-15(26)10-28-19-24-22-17(25(19)5)13(4)27-14-8-7-11(2)9-12(14)3/h7-9,13H,6,10H2,1-5H3,(H,20,23,26). The summed E-state index contributed by atoms with van der Waals surface area (Å²) >= 11 is 2.70. The number of hydrogen-bond donors (Lipinski definition) is 1. The number of hydrogen-bond acceptors (Lipinski definition) is 8. The second-order valence-corrected chi connectivity index (χ2v) is 8.62. The van der Waals surface area contributed by atoms with Gasteiger partial charge < -0.3 is 9.30 Å². The zero-order chi connectivity index (χ0) is 21.0. The molecule has 8 nitrogen and oxygen atoms in total. The molecule has 0 radical (unpaired) electrons. The van der Waals surface area contributed by atoms with Crippen LogP contribution in [-0.4, -0.2) is 36.6 Å². The number of thioether (sulfide) groups is 1. The van der Waals surface area contributed by atoms with Gasteiger partial charge in [-0.15, -0.1) is 20.4 Å². The van der Waals surface area contributed by atoms with Gasteiger partial charge in [0.2, 0.25) is 11.0 Å². The molecule has 0 spiro atoms. The SMILES string of the molecule is CCc1nnc(NC(=O)CSc2nnc(C(C)Oc3ccc(C)cc3C)n2C)s1. The molecule has 0 aliphatic rings. The number of ether oxygens (including phenoxy) is 1. The molecule has 10 heteroatoms.